The van der Waals surface area contributed by atoms with Gasteiger partial charge in [0.25, 0.3) is 11.9 Å². The van der Waals surface area contributed by atoms with E-state index in [9.17, 15) is 0 Å². The standard InChI is InChI=1S/C16H15O2/c1-13-12-17-16(18-13,14-8-4-2-5-9-14)15-10-6-3-7-11-15/h2-11H,12H2,1H3/q+1. The molecule has 0 unspecified atom stereocenters. The van der Waals surface area contributed by atoms with E-state index in [0.29, 0.717) is 6.61 Å². The lowest BCUT2D eigenvalue weighted by molar-refractivity contribution is -0.127. The Hall–Kier alpha value is -1.77. The van der Waals surface area contributed by atoms with Gasteiger partial charge in [-0.3, -0.25) is 4.74 Å². The summed E-state index contributed by atoms with van der Waals surface area (Å²) in [4.78, 5) is 0. The van der Waals surface area contributed by atoms with Crippen LogP contribution in [0.4, 0.5) is 0 Å². The zero-order chi connectivity index (χ0) is 12.4. The fraction of sp³-hybridized carbons (Fsp3) is 0.188. The van der Waals surface area contributed by atoms with E-state index in [1.165, 1.54) is 0 Å². The third-order valence-electron chi connectivity index (χ3n) is 3.10. The van der Waals surface area contributed by atoms with Gasteiger partial charge < -0.3 is 0 Å². The highest BCUT2D eigenvalue weighted by molar-refractivity contribution is 5.35. The highest BCUT2D eigenvalue weighted by atomic mass is 16.7. The molecule has 2 heteroatoms. The highest BCUT2D eigenvalue weighted by Gasteiger charge is 2.50. The van der Waals surface area contributed by atoms with E-state index in [0.717, 1.165) is 17.2 Å². The summed E-state index contributed by atoms with van der Waals surface area (Å²) in [6.45, 7) is 2.48. The van der Waals surface area contributed by atoms with Crippen LogP contribution in [0.5, 0.6) is 0 Å². The van der Waals surface area contributed by atoms with Crippen molar-refractivity contribution in [3.8, 4) is 0 Å². The number of benzene rings is 2. The van der Waals surface area contributed by atoms with Crippen molar-refractivity contribution in [1.82, 2.24) is 0 Å². The summed E-state index contributed by atoms with van der Waals surface area (Å²) in [7, 11) is 0. The Morgan fingerprint density at radius 2 is 1.39 bits per heavy atom. The molecule has 1 aliphatic heterocycles. The molecule has 0 saturated carbocycles. The quantitative estimate of drug-likeness (QED) is 0.747. The SMILES string of the molecule is C[C+]1COC(c2ccccc2)(c2ccccc2)O1. The van der Waals surface area contributed by atoms with Crippen LogP contribution in [0.1, 0.15) is 18.1 Å². The summed E-state index contributed by atoms with van der Waals surface area (Å²) < 4.78 is 12.0. The Bertz CT molecular complexity index is 468. The Balaban J connectivity index is 2.11. The third kappa shape index (κ3) is 1.80. The summed E-state index contributed by atoms with van der Waals surface area (Å²) in [5.41, 5.74) is 2.04. The second kappa shape index (κ2) is 4.48. The van der Waals surface area contributed by atoms with Crippen molar-refractivity contribution in [2.45, 2.75) is 12.7 Å². The van der Waals surface area contributed by atoms with E-state index in [2.05, 4.69) is 0 Å². The van der Waals surface area contributed by atoms with Crippen LogP contribution in [0.3, 0.4) is 0 Å². The molecule has 1 aliphatic rings. The molecule has 1 heterocycles. The van der Waals surface area contributed by atoms with Gasteiger partial charge in [-0.2, -0.15) is 0 Å². The van der Waals surface area contributed by atoms with Gasteiger partial charge >= 0.3 is 0 Å². The van der Waals surface area contributed by atoms with Crippen LogP contribution in [0.15, 0.2) is 60.7 Å². The average molecular weight is 239 g/mol. The molecule has 18 heavy (non-hydrogen) atoms. The molecule has 2 aromatic carbocycles. The topological polar surface area (TPSA) is 18.5 Å². The predicted octanol–water partition coefficient (Wildman–Crippen LogP) is 3.49. The Labute approximate surface area is 107 Å². The molecule has 0 bridgehead atoms. The molecule has 0 spiro atoms. The second-order valence-electron chi connectivity index (χ2n) is 4.44. The molecule has 0 atom stereocenters. The fourth-order valence-electron chi connectivity index (χ4n) is 2.27. The average Bonchev–Trinajstić information content (AvgIpc) is 2.84. The Kier molecular flexibility index (Phi) is 2.82. The lowest BCUT2D eigenvalue weighted by atomic mass is 9.97. The van der Waals surface area contributed by atoms with Crippen LogP contribution in [-0.4, -0.2) is 6.61 Å². The van der Waals surface area contributed by atoms with E-state index >= 15 is 0 Å². The maximum absolute atomic E-state index is 6.02. The molecule has 2 aromatic rings. The molecule has 0 aromatic heterocycles. The Morgan fingerprint density at radius 3 is 1.78 bits per heavy atom. The second-order valence-corrected chi connectivity index (χ2v) is 4.44. The van der Waals surface area contributed by atoms with Crippen molar-refractivity contribution in [2.75, 3.05) is 6.61 Å². The van der Waals surface area contributed by atoms with Gasteiger partial charge in [-0.15, -0.1) is 4.74 Å². The van der Waals surface area contributed by atoms with Gasteiger partial charge in [0.2, 0.25) is 6.61 Å². The first-order valence-electron chi connectivity index (χ1n) is 6.08. The maximum Gasteiger partial charge on any atom is 0.274 e. The van der Waals surface area contributed by atoms with E-state index in [1.54, 1.807) is 0 Å². The first kappa shape index (κ1) is 11.3. The van der Waals surface area contributed by atoms with Crippen molar-refractivity contribution >= 4 is 0 Å². The normalized spacial score (nSPS) is 17.9. The summed E-state index contributed by atoms with van der Waals surface area (Å²) in [6.07, 6.45) is 0.905. The van der Waals surface area contributed by atoms with Gasteiger partial charge in [0.05, 0.1) is 0 Å². The smallest absolute Gasteiger partial charge is 0.274 e. The third-order valence-corrected chi connectivity index (χ3v) is 3.10. The Morgan fingerprint density at radius 1 is 0.889 bits per heavy atom. The minimum atomic E-state index is -0.785. The molecular weight excluding hydrogens is 224 g/mol. The summed E-state index contributed by atoms with van der Waals surface area (Å²) in [5, 5.41) is 0. The van der Waals surface area contributed by atoms with Crippen molar-refractivity contribution in [3.05, 3.63) is 77.9 Å². The number of hydrogen-bond donors (Lipinski definition) is 0. The molecule has 90 valence electrons. The predicted molar refractivity (Wildman–Crippen MR) is 69.6 cm³/mol. The van der Waals surface area contributed by atoms with Crippen molar-refractivity contribution < 1.29 is 9.47 Å². The van der Waals surface area contributed by atoms with Crippen LogP contribution < -0.4 is 0 Å². The molecule has 1 fully saturated rings. The molecule has 0 N–H and O–H groups in total. The van der Waals surface area contributed by atoms with Gasteiger partial charge in [0.15, 0.2) is 0 Å². The first-order chi connectivity index (χ1) is 8.81. The minimum absolute atomic E-state index is 0.532. The van der Waals surface area contributed by atoms with Gasteiger partial charge in [-0.05, 0) is 0 Å². The van der Waals surface area contributed by atoms with Crippen LogP contribution >= 0.6 is 0 Å². The zero-order valence-corrected chi connectivity index (χ0v) is 10.3. The van der Waals surface area contributed by atoms with E-state index < -0.39 is 5.79 Å². The van der Waals surface area contributed by atoms with Crippen molar-refractivity contribution in [3.63, 3.8) is 0 Å². The number of ether oxygens (including phenoxy) is 2. The summed E-state index contributed by atoms with van der Waals surface area (Å²) in [5.74, 6) is -0.785. The van der Waals surface area contributed by atoms with Gasteiger partial charge in [-0.1, -0.05) is 60.7 Å². The lowest BCUT2D eigenvalue weighted by Gasteiger charge is -2.23. The molecule has 2 nitrogen and oxygen atoms in total. The van der Waals surface area contributed by atoms with E-state index in [-0.39, 0.29) is 0 Å². The number of hydrogen-bond acceptors (Lipinski definition) is 2. The van der Waals surface area contributed by atoms with Crippen LogP contribution in [0, 0.1) is 6.10 Å². The van der Waals surface area contributed by atoms with Gasteiger partial charge in [0, 0.05) is 11.1 Å². The van der Waals surface area contributed by atoms with Crippen molar-refractivity contribution in [2.24, 2.45) is 0 Å². The van der Waals surface area contributed by atoms with Crippen LogP contribution in [0.25, 0.3) is 0 Å². The van der Waals surface area contributed by atoms with Crippen LogP contribution in [-0.2, 0) is 15.3 Å². The van der Waals surface area contributed by atoms with E-state index in [1.807, 2.05) is 67.6 Å². The molecule has 0 aliphatic carbocycles. The maximum atomic E-state index is 6.02. The summed E-state index contributed by atoms with van der Waals surface area (Å²) in [6, 6.07) is 20.1. The van der Waals surface area contributed by atoms with Gasteiger partial charge in [0.1, 0.15) is 6.92 Å². The lowest BCUT2D eigenvalue weighted by Crippen LogP contribution is -2.28. The monoisotopic (exact) mass is 239 g/mol. The molecular formula is C16H15O2+. The first-order valence-corrected chi connectivity index (χ1v) is 6.08. The van der Waals surface area contributed by atoms with Gasteiger partial charge in [-0.25, -0.2) is 0 Å². The molecule has 0 radical (unpaired) electrons. The fourth-order valence-corrected chi connectivity index (χ4v) is 2.27. The summed E-state index contributed by atoms with van der Waals surface area (Å²) >= 11 is 0. The number of rotatable bonds is 2. The molecule has 0 amide bonds. The van der Waals surface area contributed by atoms with Crippen LogP contribution in [0.2, 0.25) is 0 Å². The van der Waals surface area contributed by atoms with Crippen molar-refractivity contribution in [1.29, 1.82) is 0 Å². The highest BCUT2D eigenvalue weighted by Crippen LogP contribution is 2.42. The van der Waals surface area contributed by atoms with E-state index in [4.69, 9.17) is 9.47 Å². The largest absolute Gasteiger partial charge is 0.292 e. The molecule has 1 saturated heterocycles. The zero-order valence-electron chi connectivity index (χ0n) is 10.3. The molecule has 3 rings (SSSR count). The minimum Gasteiger partial charge on any atom is -0.292 e.